The molecule has 0 aliphatic carbocycles. The molecule has 0 bridgehead atoms. The minimum atomic E-state index is -0.546. The van der Waals surface area contributed by atoms with Crippen LogP contribution in [0.2, 0.25) is 10.0 Å². The second-order valence-corrected chi connectivity index (χ2v) is 8.02. The van der Waals surface area contributed by atoms with E-state index in [9.17, 15) is 19.3 Å². The lowest BCUT2D eigenvalue weighted by Crippen LogP contribution is -2.49. The molecule has 32 heavy (non-hydrogen) atoms. The highest BCUT2D eigenvalue weighted by atomic mass is 35.5. The molecule has 4 rings (SSSR count). The molecule has 3 aromatic rings. The molecule has 0 saturated carbocycles. The number of anilines is 1. The number of non-ortho nitro benzene ring substituents is 1. The molecule has 0 spiro atoms. The van der Waals surface area contributed by atoms with Crippen LogP contribution < -0.4 is 4.90 Å². The van der Waals surface area contributed by atoms with Crippen LogP contribution in [0.15, 0.2) is 36.4 Å². The number of nitro benzene ring substituents is 1. The topological polar surface area (TPSA) is 97.4 Å². The molecule has 1 aliphatic rings. The van der Waals surface area contributed by atoms with Crippen LogP contribution in [-0.4, -0.2) is 56.9 Å². The Morgan fingerprint density at radius 2 is 1.81 bits per heavy atom. The number of benzene rings is 2. The number of halogens is 3. The fraction of sp³-hybridized carbons (Fsp3) is 0.250. The first-order valence-electron chi connectivity index (χ1n) is 9.62. The Hall–Kier alpha value is -3.24. The lowest BCUT2D eigenvalue weighted by molar-refractivity contribution is -0.384. The van der Waals surface area contributed by atoms with Gasteiger partial charge in [-0.1, -0.05) is 28.4 Å². The van der Waals surface area contributed by atoms with Crippen LogP contribution in [0.5, 0.6) is 0 Å². The highest BCUT2D eigenvalue weighted by Gasteiger charge is 2.27. The van der Waals surface area contributed by atoms with Gasteiger partial charge in [-0.3, -0.25) is 14.9 Å². The van der Waals surface area contributed by atoms with E-state index < -0.39 is 10.7 Å². The Morgan fingerprint density at radius 3 is 2.44 bits per heavy atom. The summed E-state index contributed by atoms with van der Waals surface area (Å²) in [6.07, 6.45) is 0. The zero-order valence-corrected chi connectivity index (χ0v) is 18.3. The van der Waals surface area contributed by atoms with E-state index in [1.54, 1.807) is 17.9 Å². The fourth-order valence-corrected chi connectivity index (χ4v) is 4.02. The van der Waals surface area contributed by atoms with Crippen LogP contribution in [0.3, 0.4) is 0 Å². The Kier molecular flexibility index (Phi) is 5.98. The van der Waals surface area contributed by atoms with E-state index in [1.807, 2.05) is 4.90 Å². The molecule has 2 aromatic carbocycles. The molecule has 9 nitrogen and oxygen atoms in total. The van der Waals surface area contributed by atoms with E-state index >= 15 is 0 Å². The number of nitro groups is 1. The second kappa shape index (κ2) is 8.71. The Balaban J connectivity index is 1.47. The van der Waals surface area contributed by atoms with E-state index in [-0.39, 0.29) is 27.3 Å². The Labute approximate surface area is 192 Å². The van der Waals surface area contributed by atoms with Gasteiger partial charge >= 0.3 is 0 Å². The van der Waals surface area contributed by atoms with Gasteiger partial charge in [-0.15, -0.1) is 5.10 Å². The first-order chi connectivity index (χ1) is 15.3. The predicted molar refractivity (Wildman–Crippen MR) is 117 cm³/mol. The zero-order valence-electron chi connectivity index (χ0n) is 16.8. The smallest absolute Gasteiger partial charge is 0.276 e. The van der Waals surface area contributed by atoms with E-state index in [0.29, 0.717) is 43.2 Å². The summed E-state index contributed by atoms with van der Waals surface area (Å²) in [5, 5.41) is 19.2. The maximum Gasteiger partial charge on any atom is 0.276 e. The van der Waals surface area contributed by atoms with Crippen molar-refractivity contribution in [3.63, 3.8) is 0 Å². The third kappa shape index (κ3) is 4.11. The van der Waals surface area contributed by atoms with Crippen molar-refractivity contribution in [3.05, 3.63) is 73.8 Å². The summed E-state index contributed by atoms with van der Waals surface area (Å²) in [4.78, 5) is 27.1. The Bertz CT molecular complexity index is 1210. The third-order valence-corrected chi connectivity index (χ3v) is 5.89. The SMILES string of the molecule is Cc1c(C(=O)N2CCN(c3ccc([N+](=O)[O-])cc3Cl)CC2)nnn1-c1ccc(F)c(Cl)c1. The predicted octanol–water partition coefficient (Wildman–Crippen LogP) is 3.89. The maximum absolute atomic E-state index is 13.4. The number of aromatic nitrogens is 3. The van der Waals surface area contributed by atoms with Crippen molar-refractivity contribution in [2.75, 3.05) is 31.1 Å². The van der Waals surface area contributed by atoms with E-state index in [2.05, 4.69) is 10.3 Å². The minimum Gasteiger partial charge on any atom is -0.367 e. The quantitative estimate of drug-likeness (QED) is 0.416. The number of carbonyl (C=O) groups is 1. The Morgan fingerprint density at radius 1 is 1.09 bits per heavy atom. The number of nitrogens with zero attached hydrogens (tertiary/aromatic N) is 6. The van der Waals surface area contributed by atoms with E-state index in [1.165, 1.54) is 35.0 Å². The van der Waals surface area contributed by atoms with Crippen LogP contribution in [0, 0.1) is 22.9 Å². The van der Waals surface area contributed by atoms with Gasteiger partial charge in [0.05, 0.1) is 32.0 Å². The lowest BCUT2D eigenvalue weighted by Gasteiger charge is -2.36. The van der Waals surface area contributed by atoms with Crippen LogP contribution >= 0.6 is 23.2 Å². The first-order valence-corrected chi connectivity index (χ1v) is 10.4. The number of carbonyl (C=O) groups excluding carboxylic acids is 1. The van der Waals surface area contributed by atoms with E-state index in [0.717, 1.165) is 0 Å². The average molecular weight is 479 g/mol. The number of rotatable bonds is 4. The molecular weight excluding hydrogens is 462 g/mol. The van der Waals surface area contributed by atoms with Gasteiger partial charge in [0.15, 0.2) is 5.69 Å². The van der Waals surface area contributed by atoms with Gasteiger partial charge in [-0.05, 0) is 31.2 Å². The summed E-state index contributed by atoms with van der Waals surface area (Å²) in [5.41, 5.74) is 1.82. The van der Waals surface area contributed by atoms with Crippen molar-refractivity contribution in [2.24, 2.45) is 0 Å². The monoisotopic (exact) mass is 478 g/mol. The molecule has 1 amide bonds. The molecule has 1 saturated heterocycles. The van der Waals surface area contributed by atoms with Crippen molar-refractivity contribution in [2.45, 2.75) is 6.92 Å². The van der Waals surface area contributed by atoms with Crippen molar-refractivity contribution in [3.8, 4) is 5.69 Å². The maximum atomic E-state index is 13.4. The van der Waals surface area contributed by atoms with Crippen LogP contribution in [0.4, 0.5) is 15.8 Å². The summed E-state index contributed by atoms with van der Waals surface area (Å²) >= 11 is 12.1. The molecule has 0 radical (unpaired) electrons. The molecule has 2 heterocycles. The molecule has 0 atom stereocenters. The highest BCUT2D eigenvalue weighted by molar-refractivity contribution is 6.33. The summed E-state index contributed by atoms with van der Waals surface area (Å²) < 4.78 is 14.9. The summed E-state index contributed by atoms with van der Waals surface area (Å²) in [5.74, 6) is -0.813. The molecule has 166 valence electrons. The summed E-state index contributed by atoms with van der Waals surface area (Å²) in [6.45, 7) is 3.55. The van der Waals surface area contributed by atoms with Crippen LogP contribution in [-0.2, 0) is 0 Å². The molecule has 1 aromatic heterocycles. The van der Waals surface area contributed by atoms with E-state index in [4.69, 9.17) is 23.2 Å². The normalized spacial score (nSPS) is 14.0. The molecule has 0 unspecified atom stereocenters. The highest BCUT2D eigenvalue weighted by Crippen LogP contribution is 2.30. The van der Waals surface area contributed by atoms with Gasteiger partial charge in [0, 0.05) is 38.3 Å². The molecule has 1 fully saturated rings. The van der Waals surface area contributed by atoms with Crippen molar-refractivity contribution in [1.29, 1.82) is 0 Å². The van der Waals surface area contributed by atoms with Gasteiger partial charge in [-0.2, -0.15) is 0 Å². The van der Waals surface area contributed by atoms with Gasteiger partial charge in [0.1, 0.15) is 5.82 Å². The van der Waals surface area contributed by atoms with Crippen molar-refractivity contribution in [1.82, 2.24) is 19.9 Å². The van der Waals surface area contributed by atoms with Gasteiger partial charge in [0.25, 0.3) is 11.6 Å². The van der Waals surface area contributed by atoms with Crippen LogP contribution in [0.25, 0.3) is 5.69 Å². The number of hydrogen-bond donors (Lipinski definition) is 0. The minimum absolute atomic E-state index is 0.0497. The third-order valence-electron chi connectivity index (χ3n) is 5.29. The molecule has 1 aliphatic heterocycles. The zero-order chi connectivity index (χ0) is 23.0. The molecule has 12 heteroatoms. The first kappa shape index (κ1) is 22.0. The summed E-state index contributed by atoms with van der Waals surface area (Å²) in [7, 11) is 0. The summed E-state index contributed by atoms with van der Waals surface area (Å²) in [6, 6.07) is 8.48. The largest absolute Gasteiger partial charge is 0.367 e. The number of hydrogen-bond acceptors (Lipinski definition) is 6. The number of piperazine rings is 1. The van der Waals surface area contributed by atoms with Gasteiger partial charge < -0.3 is 9.80 Å². The molecule has 0 N–H and O–H groups in total. The molecular formula is C20H17Cl2FN6O3. The van der Waals surface area contributed by atoms with Crippen molar-refractivity contribution >= 4 is 40.5 Å². The number of amides is 1. The van der Waals surface area contributed by atoms with Gasteiger partial charge in [0.2, 0.25) is 0 Å². The second-order valence-electron chi connectivity index (χ2n) is 7.21. The van der Waals surface area contributed by atoms with Crippen molar-refractivity contribution < 1.29 is 14.1 Å². The average Bonchev–Trinajstić information content (AvgIpc) is 3.16. The van der Waals surface area contributed by atoms with Crippen LogP contribution in [0.1, 0.15) is 16.2 Å². The standard InChI is InChI=1S/C20H17Cl2FN6O3/c1-12-19(24-25-28(12)13-2-4-17(23)15(21)10-13)20(30)27-8-6-26(7-9-27)18-5-3-14(29(31)32)11-16(18)22/h2-5,10-11H,6-9H2,1H3. The fourth-order valence-electron chi connectivity index (χ4n) is 3.55. The lowest BCUT2D eigenvalue weighted by atomic mass is 10.2. The van der Waals surface area contributed by atoms with Gasteiger partial charge in [-0.25, -0.2) is 9.07 Å².